The summed E-state index contributed by atoms with van der Waals surface area (Å²) in [5.41, 5.74) is 7.41. The summed E-state index contributed by atoms with van der Waals surface area (Å²) in [5, 5.41) is 15.4. The molecule has 0 saturated heterocycles. The van der Waals surface area contributed by atoms with E-state index < -0.39 is 41.5 Å². The minimum Gasteiger partial charge on any atom is -0.508 e. The maximum Gasteiger partial charge on any atom is 0.408 e. The van der Waals surface area contributed by atoms with Crippen molar-refractivity contribution in [2.24, 2.45) is 5.73 Å². The van der Waals surface area contributed by atoms with Gasteiger partial charge in [0.15, 0.2) is 0 Å². The van der Waals surface area contributed by atoms with Crippen LogP contribution in [0.4, 0.5) is 10.5 Å². The Kier molecular flexibility index (Phi) is 9.21. The molecule has 0 spiro atoms. The van der Waals surface area contributed by atoms with Crippen LogP contribution in [0, 0.1) is 13.8 Å². The zero-order chi connectivity index (χ0) is 28.9. The molecule has 0 radical (unpaired) electrons. The minimum absolute atomic E-state index is 0.0166. The molecule has 0 aromatic heterocycles. The molecule has 1 aliphatic rings. The highest BCUT2D eigenvalue weighted by atomic mass is 16.6. The van der Waals surface area contributed by atoms with Crippen LogP contribution in [0.15, 0.2) is 42.5 Å². The number of nitrogens with zero attached hydrogens (tertiary/aromatic N) is 1. The SMILES string of the molecule is Cc1cccc(C)c1NC(=O)C(c1ccc(O)cc1)N(C(=O)C(CCC(N)=O)NC(=O)OC(C)(C)C)C1CC1. The maximum atomic E-state index is 14.1. The first-order chi connectivity index (χ1) is 18.3. The number of amides is 4. The van der Waals surface area contributed by atoms with Crippen LogP contribution in [-0.2, 0) is 19.1 Å². The van der Waals surface area contributed by atoms with E-state index in [0.717, 1.165) is 11.1 Å². The van der Waals surface area contributed by atoms with Gasteiger partial charge in [-0.15, -0.1) is 0 Å². The fraction of sp³-hybridized carbons (Fsp3) is 0.448. The lowest BCUT2D eigenvalue weighted by atomic mass is 10.0. The van der Waals surface area contributed by atoms with E-state index >= 15 is 0 Å². The van der Waals surface area contributed by atoms with Gasteiger partial charge < -0.3 is 31.1 Å². The van der Waals surface area contributed by atoms with Crippen LogP contribution in [0.1, 0.15) is 69.2 Å². The van der Waals surface area contributed by atoms with Crippen molar-refractivity contribution in [2.75, 3.05) is 5.32 Å². The lowest BCUT2D eigenvalue weighted by Gasteiger charge is -2.35. The number of carbonyl (C=O) groups excluding carboxylic acids is 4. The summed E-state index contributed by atoms with van der Waals surface area (Å²) in [4.78, 5) is 53.7. The average molecular weight is 539 g/mol. The van der Waals surface area contributed by atoms with E-state index in [2.05, 4.69) is 10.6 Å². The molecule has 10 heteroatoms. The van der Waals surface area contributed by atoms with Gasteiger partial charge in [-0.1, -0.05) is 30.3 Å². The van der Waals surface area contributed by atoms with Gasteiger partial charge in [0.2, 0.25) is 11.8 Å². The maximum absolute atomic E-state index is 14.1. The Balaban J connectivity index is 2.01. The molecule has 2 aromatic carbocycles. The zero-order valence-electron chi connectivity index (χ0n) is 23.1. The van der Waals surface area contributed by atoms with Crippen molar-refractivity contribution in [2.45, 2.75) is 84.0 Å². The van der Waals surface area contributed by atoms with Gasteiger partial charge in [-0.25, -0.2) is 4.79 Å². The summed E-state index contributed by atoms with van der Waals surface area (Å²) in [6.07, 6.45) is 0.320. The Bertz CT molecular complexity index is 1200. The molecule has 4 amide bonds. The number of nitrogens with one attached hydrogen (secondary N) is 2. The van der Waals surface area contributed by atoms with Crippen LogP contribution in [0.3, 0.4) is 0 Å². The molecule has 2 atom stereocenters. The number of alkyl carbamates (subject to hydrolysis) is 1. The molecular formula is C29H38N4O6. The molecule has 10 nitrogen and oxygen atoms in total. The predicted molar refractivity (Wildman–Crippen MR) is 147 cm³/mol. The van der Waals surface area contributed by atoms with Crippen LogP contribution in [0.5, 0.6) is 5.75 Å². The van der Waals surface area contributed by atoms with Crippen molar-refractivity contribution in [1.82, 2.24) is 10.2 Å². The third-order valence-electron chi connectivity index (χ3n) is 6.33. The number of primary amides is 1. The van der Waals surface area contributed by atoms with Crippen molar-refractivity contribution >= 4 is 29.5 Å². The Morgan fingerprint density at radius 3 is 2.15 bits per heavy atom. The molecule has 39 heavy (non-hydrogen) atoms. The number of benzene rings is 2. The lowest BCUT2D eigenvalue weighted by Crippen LogP contribution is -2.53. The number of rotatable bonds is 10. The molecule has 0 heterocycles. The minimum atomic E-state index is -1.15. The molecule has 5 N–H and O–H groups in total. The lowest BCUT2D eigenvalue weighted by molar-refractivity contribution is -0.141. The summed E-state index contributed by atoms with van der Waals surface area (Å²) in [7, 11) is 0. The van der Waals surface area contributed by atoms with E-state index in [-0.39, 0.29) is 24.6 Å². The fourth-order valence-electron chi connectivity index (χ4n) is 4.34. The van der Waals surface area contributed by atoms with Gasteiger partial charge in [0, 0.05) is 18.2 Å². The van der Waals surface area contributed by atoms with Crippen LogP contribution in [0.25, 0.3) is 0 Å². The average Bonchev–Trinajstić information content (AvgIpc) is 3.66. The van der Waals surface area contributed by atoms with Gasteiger partial charge in [0.25, 0.3) is 5.91 Å². The van der Waals surface area contributed by atoms with Crippen molar-refractivity contribution in [3.8, 4) is 5.75 Å². The topological polar surface area (TPSA) is 151 Å². The number of aryl methyl sites for hydroxylation is 2. The van der Waals surface area contributed by atoms with Gasteiger partial charge in [-0.3, -0.25) is 14.4 Å². The monoisotopic (exact) mass is 538 g/mol. The standard InChI is InChI=1S/C29H38N4O6/c1-17-7-6-8-18(2)24(17)32-26(36)25(19-9-13-21(34)14-10-19)33(20-11-12-20)27(37)22(15-16-23(30)35)31-28(38)39-29(3,4)5/h6-10,13-14,20,22,25,34H,11-12,15-16H2,1-5H3,(H2,30,35)(H,31,38)(H,32,36). The van der Waals surface area contributed by atoms with E-state index in [1.54, 1.807) is 32.9 Å². The van der Waals surface area contributed by atoms with E-state index in [0.29, 0.717) is 24.1 Å². The summed E-state index contributed by atoms with van der Waals surface area (Å²) in [6.45, 7) is 8.85. The Morgan fingerprint density at radius 2 is 1.64 bits per heavy atom. The molecule has 2 aromatic rings. The van der Waals surface area contributed by atoms with Crippen LogP contribution in [-0.4, -0.2) is 51.5 Å². The zero-order valence-corrected chi connectivity index (χ0v) is 23.1. The van der Waals surface area contributed by atoms with Gasteiger partial charge in [0.05, 0.1) is 0 Å². The number of phenolic OH excluding ortho intramolecular Hbond substituents is 1. The molecule has 210 valence electrons. The predicted octanol–water partition coefficient (Wildman–Crippen LogP) is 3.84. The summed E-state index contributed by atoms with van der Waals surface area (Å²) in [5.74, 6) is -1.58. The highest BCUT2D eigenvalue weighted by molar-refractivity contribution is 6.00. The van der Waals surface area contributed by atoms with Gasteiger partial charge in [0.1, 0.15) is 23.4 Å². The third-order valence-corrected chi connectivity index (χ3v) is 6.33. The molecule has 2 unspecified atom stereocenters. The number of phenols is 1. The van der Waals surface area contributed by atoms with E-state index in [1.165, 1.54) is 17.0 Å². The molecule has 0 aliphatic heterocycles. The van der Waals surface area contributed by atoms with E-state index in [4.69, 9.17) is 10.5 Å². The largest absolute Gasteiger partial charge is 0.508 e. The Labute approximate surface area is 228 Å². The van der Waals surface area contributed by atoms with E-state index in [9.17, 15) is 24.3 Å². The fourth-order valence-corrected chi connectivity index (χ4v) is 4.34. The van der Waals surface area contributed by atoms with Gasteiger partial charge in [-0.05, 0) is 82.7 Å². The quantitative estimate of drug-likeness (QED) is 0.361. The number of nitrogens with two attached hydrogens (primary N) is 1. The second-order valence-corrected chi connectivity index (χ2v) is 10.9. The Morgan fingerprint density at radius 1 is 1.05 bits per heavy atom. The normalized spacial score (nSPS) is 14.6. The van der Waals surface area contributed by atoms with Crippen molar-refractivity contribution in [3.63, 3.8) is 0 Å². The first-order valence-electron chi connectivity index (χ1n) is 13.0. The van der Waals surface area contributed by atoms with Crippen LogP contribution >= 0.6 is 0 Å². The first-order valence-corrected chi connectivity index (χ1v) is 13.0. The van der Waals surface area contributed by atoms with Crippen LogP contribution < -0.4 is 16.4 Å². The first kappa shape index (κ1) is 29.5. The number of carbonyl (C=O) groups is 4. The molecular weight excluding hydrogens is 500 g/mol. The Hall–Kier alpha value is -4.08. The third kappa shape index (κ3) is 8.20. The second-order valence-electron chi connectivity index (χ2n) is 10.9. The number of para-hydroxylation sites is 1. The summed E-state index contributed by atoms with van der Waals surface area (Å²) in [6, 6.07) is 9.27. The second kappa shape index (κ2) is 12.2. The number of anilines is 1. The van der Waals surface area contributed by atoms with Crippen molar-refractivity contribution < 1.29 is 29.0 Å². The van der Waals surface area contributed by atoms with Crippen molar-refractivity contribution in [3.05, 3.63) is 59.2 Å². The number of hydrogen-bond acceptors (Lipinski definition) is 6. The molecule has 1 fully saturated rings. The number of ether oxygens (including phenoxy) is 1. The smallest absolute Gasteiger partial charge is 0.408 e. The number of hydrogen-bond donors (Lipinski definition) is 4. The van der Waals surface area contributed by atoms with Gasteiger partial charge in [-0.2, -0.15) is 0 Å². The summed E-state index contributed by atoms with van der Waals surface area (Å²) >= 11 is 0. The molecule has 1 aliphatic carbocycles. The molecule has 3 rings (SSSR count). The van der Waals surface area contributed by atoms with E-state index in [1.807, 2.05) is 32.0 Å². The molecule has 1 saturated carbocycles. The highest BCUT2D eigenvalue weighted by Gasteiger charge is 2.44. The summed E-state index contributed by atoms with van der Waals surface area (Å²) < 4.78 is 5.35. The molecule has 0 bridgehead atoms. The van der Waals surface area contributed by atoms with Crippen molar-refractivity contribution in [1.29, 1.82) is 0 Å². The number of aromatic hydroxyl groups is 1. The van der Waals surface area contributed by atoms with Gasteiger partial charge >= 0.3 is 6.09 Å². The highest BCUT2D eigenvalue weighted by Crippen LogP contribution is 2.37. The van der Waals surface area contributed by atoms with Crippen LogP contribution in [0.2, 0.25) is 0 Å².